The van der Waals surface area contributed by atoms with Crippen LogP contribution in [0.25, 0.3) is 0 Å². The molecule has 4 nitrogen and oxygen atoms in total. The summed E-state index contributed by atoms with van der Waals surface area (Å²) >= 11 is 5.70. The summed E-state index contributed by atoms with van der Waals surface area (Å²) in [7, 11) is -1.20. The predicted molar refractivity (Wildman–Crippen MR) is 53.5 cm³/mol. The summed E-state index contributed by atoms with van der Waals surface area (Å²) in [5, 5.41) is 3.53. The minimum atomic E-state index is -1.20. The van der Waals surface area contributed by atoms with Crippen LogP contribution in [0.4, 0.5) is 5.82 Å². The van der Waals surface area contributed by atoms with Gasteiger partial charge in [-0.15, -0.1) is 0 Å². The van der Waals surface area contributed by atoms with E-state index in [1.54, 1.807) is 6.07 Å². The number of nitrogens with zero attached hydrogens (tertiary/aromatic N) is 2. The van der Waals surface area contributed by atoms with E-state index in [0.29, 0.717) is 11.0 Å². The highest BCUT2D eigenvalue weighted by Gasteiger charge is 2.05. The monoisotopic (exact) mass is 219 g/mol. The highest BCUT2D eigenvalue weighted by molar-refractivity contribution is 7.84. The van der Waals surface area contributed by atoms with Gasteiger partial charge in [0.15, 0.2) is 0 Å². The van der Waals surface area contributed by atoms with Crippen molar-refractivity contribution in [2.24, 2.45) is 0 Å². The first-order valence-corrected chi connectivity index (χ1v) is 5.69. The Morgan fingerprint density at radius 3 is 2.85 bits per heavy atom. The zero-order valence-corrected chi connectivity index (χ0v) is 8.95. The number of nitrogens with one attached hydrogen (secondary N) is 1. The van der Waals surface area contributed by atoms with Crippen LogP contribution in [0.3, 0.4) is 0 Å². The van der Waals surface area contributed by atoms with Crippen molar-refractivity contribution in [2.45, 2.75) is 12.1 Å². The third-order valence-electron chi connectivity index (χ3n) is 1.29. The van der Waals surface area contributed by atoms with Gasteiger partial charge in [-0.2, -0.15) is 0 Å². The lowest BCUT2D eigenvalue weighted by atomic mass is 10.5. The summed E-state index contributed by atoms with van der Waals surface area (Å²) in [6.07, 6.45) is 1.52. The van der Waals surface area contributed by atoms with E-state index in [-0.39, 0.29) is 5.16 Å². The molecule has 0 aliphatic carbocycles. The van der Waals surface area contributed by atoms with Gasteiger partial charge in [0.25, 0.3) is 0 Å². The first-order valence-electron chi connectivity index (χ1n) is 3.75. The molecule has 6 heteroatoms. The standard InChI is InChI=1S/C7H10ClN3OS/c1-3-9-6-4-5(8)10-7(11-6)13(2)12/h4H,3H2,1-2H3,(H,9,10,11)/t13-/m0/s1. The van der Waals surface area contributed by atoms with Crippen molar-refractivity contribution in [3.8, 4) is 0 Å². The van der Waals surface area contributed by atoms with Gasteiger partial charge in [0, 0.05) is 18.9 Å². The van der Waals surface area contributed by atoms with Gasteiger partial charge in [-0.1, -0.05) is 11.6 Å². The summed E-state index contributed by atoms with van der Waals surface area (Å²) in [6.45, 7) is 2.68. The molecule has 1 aromatic rings. The zero-order chi connectivity index (χ0) is 9.84. The second-order valence-electron chi connectivity index (χ2n) is 2.34. The normalized spacial score (nSPS) is 12.5. The van der Waals surface area contributed by atoms with Crippen molar-refractivity contribution in [3.63, 3.8) is 0 Å². The molecule has 0 aliphatic heterocycles. The third-order valence-corrected chi connectivity index (χ3v) is 2.18. The highest BCUT2D eigenvalue weighted by Crippen LogP contribution is 2.12. The Morgan fingerprint density at radius 2 is 2.31 bits per heavy atom. The van der Waals surface area contributed by atoms with Gasteiger partial charge in [-0.05, 0) is 6.92 Å². The molecule has 1 rings (SSSR count). The van der Waals surface area contributed by atoms with E-state index in [1.807, 2.05) is 6.92 Å². The molecule has 0 bridgehead atoms. The zero-order valence-electron chi connectivity index (χ0n) is 7.37. The van der Waals surface area contributed by atoms with E-state index in [2.05, 4.69) is 15.3 Å². The minimum absolute atomic E-state index is 0.253. The second-order valence-corrected chi connectivity index (χ2v) is 4.00. The van der Waals surface area contributed by atoms with Gasteiger partial charge >= 0.3 is 0 Å². The molecule has 0 aliphatic rings. The van der Waals surface area contributed by atoms with Gasteiger partial charge in [-0.3, -0.25) is 4.21 Å². The number of aromatic nitrogens is 2. The van der Waals surface area contributed by atoms with Crippen molar-refractivity contribution < 1.29 is 4.21 Å². The molecular formula is C7H10ClN3OS. The molecule has 0 radical (unpaired) electrons. The van der Waals surface area contributed by atoms with Crippen LogP contribution in [0.2, 0.25) is 5.15 Å². The Hall–Kier alpha value is -0.680. The molecule has 13 heavy (non-hydrogen) atoms. The molecular weight excluding hydrogens is 210 g/mol. The predicted octanol–water partition coefficient (Wildman–Crippen LogP) is 1.30. The first-order chi connectivity index (χ1) is 6.13. The molecule has 0 aromatic carbocycles. The summed E-state index contributed by atoms with van der Waals surface area (Å²) in [6, 6.07) is 1.60. The number of halogens is 1. The van der Waals surface area contributed by atoms with Crippen LogP contribution < -0.4 is 5.32 Å². The first kappa shape index (κ1) is 10.4. The van der Waals surface area contributed by atoms with Crippen molar-refractivity contribution >= 4 is 28.2 Å². The maximum Gasteiger partial charge on any atom is 0.221 e. The highest BCUT2D eigenvalue weighted by atomic mass is 35.5. The fourth-order valence-electron chi connectivity index (χ4n) is 0.797. The molecule has 1 N–H and O–H groups in total. The number of hydrogen-bond donors (Lipinski definition) is 1. The van der Waals surface area contributed by atoms with Crippen LogP contribution in [-0.2, 0) is 10.8 Å². The Kier molecular flexibility index (Phi) is 3.62. The number of hydrogen-bond acceptors (Lipinski definition) is 4. The molecule has 0 unspecified atom stereocenters. The number of rotatable bonds is 3. The molecule has 0 amide bonds. The van der Waals surface area contributed by atoms with E-state index >= 15 is 0 Å². The van der Waals surface area contributed by atoms with Crippen molar-refractivity contribution in [2.75, 3.05) is 18.1 Å². The quantitative estimate of drug-likeness (QED) is 0.615. The Morgan fingerprint density at radius 1 is 1.62 bits per heavy atom. The lowest BCUT2D eigenvalue weighted by molar-refractivity contribution is 0.679. The van der Waals surface area contributed by atoms with Crippen LogP contribution in [-0.4, -0.2) is 27.0 Å². The van der Waals surface area contributed by atoms with E-state index in [1.165, 1.54) is 6.26 Å². The molecule has 0 fully saturated rings. The van der Waals surface area contributed by atoms with E-state index in [4.69, 9.17) is 11.6 Å². The van der Waals surface area contributed by atoms with E-state index in [9.17, 15) is 4.21 Å². The lowest BCUT2D eigenvalue weighted by Gasteiger charge is -2.03. The molecule has 0 saturated heterocycles. The van der Waals surface area contributed by atoms with Gasteiger partial charge in [0.2, 0.25) is 5.16 Å². The largest absolute Gasteiger partial charge is 0.370 e. The van der Waals surface area contributed by atoms with Crippen molar-refractivity contribution in [1.29, 1.82) is 0 Å². The average Bonchev–Trinajstić information content (AvgIpc) is 2.03. The van der Waals surface area contributed by atoms with Crippen LogP contribution in [0.15, 0.2) is 11.2 Å². The molecule has 1 atom stereocenters. The Balaban J connectivity index is 3.03. The molecule has 1 aromatic heterocycles. The smallest absolute Gasteiger partial charge is 0.221 e. The second kappa shape index (κ2) is 4.53. The van der Waals surface area contributed by atoms with Crippen LogP contribution in [0, 0.1) is 0 Å². The minimum Gasteiger partial charge on any atom is -0.370 e. The maximum absolute atomic E-state index is 11.1. The Bertz CT molecular complexity index is 332. The Labute approximate surface area is 84.2 Å². The van der Waals surface area contributed by atoms with E-state index < -0.39 is 10.8 Å². The van der Waals surface area contributed by atoms with E-state index in [0.717, 1.165) is 6.54 Å². The van der Waals surface area contributed by atoms with Crippen LogP contribution in [0.5, 0.6) is 0 Å². The average molecular weight is 220 g/mol. The van der Waals surface area contributed by atoms with Gasteiger partial charge in [0.1, 0.15) is 11.0 Å². The van der Waals surface area contributed by atoms with Crippen molar-refractivity contribution in [1.82, 2.24) is 9.97 Å². The SMILES string of the molecule is CCNc1cc(Cl)nc([S@](C)=O)n1. The van der Waals surface area contributed by atoms with Crippen LogP contribution >= 0.6 is 11.6 Å². The van der Waals surface area contributed by atoms with Crippen LogP contribution in [0.1, 0.15) is 6.92 Å². The lowest BCUT2D eigenvalue weighted by Crippen LogP contribution is -2.04. The summed E-state index contributed by atoms with van der Waals surface area (Å²) in [5.74, 6) is 0.604. The molecule has 0 saturated carbocycles. The van der Waals surface area contributed by atoms with Gasteiger partial charge in [0.05, 0.1) is 10.8 Å². The molecule has 72 valence electrons. The molecule has 1 heterocycles. The van der Waals surface area contributed by atoms with Gasteiger partial charge < -0.3 is 5.32 Å². The molecule has 0 spiro atoms. The third kappa shape index (κ3) is 2.93. The fourth-order valence-corrected chi connectivity index (χ4v) is 1.48. The topological polar surface area (TPSA) is 54.9 Å². The van der Waals surface area contributed by atoms with Gasteiger partial charge in [-0.25, -0.2) is 9.97 Å². The summed E-state index contributed by atoms with van der Waals surface area (Å²) < 4.78 is 11.1. The van der Waals surface area contributed by atoms with Crippen molar-refractivity contribution in [3.05, 3.63) is 11.2 Å². The fraction of sp³-hybridized carbons (Fsp3) is 0.429. The summed E-state index contributed by atoms with van der Waals surface area (Å²) in [5.41, 5.74) is 0. The number of anilines is 1. The summed E-state index contributed by atoms with van der Waals surface area (Å²) in [4.78, 5) is 7.85. The maximum atomic E-state index is 11.1.